The summed E-state index contributed by atoms with van der Waals surface area (Å²) in [4.78, 5) is 14.5. The summed E-state index contributed by atoms with van der Waals surface area (Å²) in [7, 11) is 1.86. The van der Waals surface area contributed by atoms with Gasteiger partial charge in [0, 0.05) is 25.9 Å². The molecule has 0 aliphatic rings. The first-order valence-electron chi connectivity index (χ1n) is 3.80. The summed E-state index contributed by atoms with van der Waals surface area (Å²) in [6.45, 7) is 1.68. The van der Waals surface area contributed by atoms with E-state index in [9.17, 15) is 4.79 Å². The molecule has 0 aromatic carbocycles. The molecule has 0 bridgehead atoms. The number of carbonyl (C=O) groups is 1. The molecular formula is C8H12N2O2. The lowest BCUT2D eigenvalue weighted by atomic mass is 10.1. The lowest BCUT2D eigenvalue weighted by molar-refractivity contribution is -0.141. The fourth-order valence-corrected chi connectivity index (χ4v) is 0.954. The number of carboxylic acid groups (broad SMARTS) is 1. The Bertz CT molecular complexity index is 280. The second-order valence-electron chi connectivity index (χ2n) is 2.90. The van der Waals surface area contributed by atoms with Gasteiger partial charge in [0.15, 0.2) is 0 Å². The van der Waals surface area contributed by atoms with Crippen LogP contribution in [0.3, 0.4) is 0 Å². The van der Waals surface area contributed by atoms with Crippen LogP contribution in [0, 0.1) is 5.92 Å². The molecule has 4 nitrogen and oxygen atoms in total. The number of nitrogens with zero attached hydrogens (tertiary/aromatic N) is 2. The van der Waals surface area contributed by atoms with Crippen molar-refractivity contribution in [2.75, 3.05) is 0 Å². The number of hydrogen-bond donors (Lipinski definition) is 1. The van der Waals surface area contributed by atoms with E-state index < -0.39 is 5.97 Å². The second-order valence-corrected chi connectivity index (χ2v) is 2.90. The molecule has 0 spiro atoms. The van der Waals surface area contributed by atoms with Gasteiger partial charge in [-0.2, -0.15) is 0 Å². The third-order valence-electron chi connectivity index (χ3n) is 1.83. The highest BCUT2D eigenvalue weighted by Gasteiger charge is 2.13. The van der Waals surface area contributed by atoms with Crippen molar-refractivity contribution in [2.45, 2.75) is 13.3 Å². The van der Waals surface area contributed by atoms with Gasteiger partial charge in [-0.1, -0.05) is 6.92 Å². The van der Waals surface area contributed by atoms with Crippen molar-refractivity contribution in [3.05, 3.63) is 18.2 Å². The molecule has 1 N–H and O–H groups in total. The maximum atomic E-state index is 10.5. The zero-order chi connectivity index (χ0) is 9.14. The predicted molar refractivity (Wildman–Crippen MR) is 43.7 cm³/mol. The molecule has 1 rings (SSSR count). The number of aryl methyl sites for hydroxylation is 1. The van der Waals surface area contributed by atoms with E-state index in [-0.39, 0.29) is 5.92 Å². The highest BCUT2D eigenvalue weighted by molar-refractivity contribution is 5.69. The molecule has 0 radical (unpaired) electrons. The normalized spacial score (nSPS) is 12.8. The van der Waals surface area contributed by atoms with Crippen LogP contribution in [0.5, 0.6) is 0 Å². The molecule has 0 saturated carbocycles. The molecule has 0 saturated heterocycles. The molecule has 0 amide bonds. The maximum Gasteiger partial charge on any atom is 0.306 e. The van der Waals surface area contributed by atoms with Gasteiger partial charge in [0.25, 0.3) is 0 Å². The van der Waals surface area contributed by atoms with Crippen molar-refractivity contribution in [1.29, 1.82) is 0 Å². The quantitative estimate of drug-likeness (QED) is 0.722. The number of carboxylic acids is 1. The average Bonchev–Trinajstić information content (AvgIpc) is 2.36. The number of aromatic nitrogens is 2. The van der Waals surface area contributed by atoms with Crippen molar-refractivity contribution in [3.63, 3.8) is 0 Å². The smallest absolute Gasteiger partial charge is 0.306 e. The van der Waals surface area contributed by atoms with Crippen LogP contribution < -0.4 is 0 Å². The van der Waals surface area contributed by atoms with Crippen molar-refractivity contribution < 1.29 is 9.90 Å². The molecule has 1 aromatic heterocycles. The first kappa shape index (κ1) is 8.77. The Hall–Kier alpha value is -1.32. The van der Waals surface area contributed by atoms with Gasteiger partial charge in [-0.05, 0) is 0 Å². The first-order valence-corrected chi connectivity index (χ1v) is 3.80. The third kappa shape index (κ3) is 1.84. The summed E-state index contributed by atoms with van der Waals surface area (Å²) < 4.78 is 1.83. The molecule has 66 valence electrons. The van der Waals surface area contributed by atoms with E-state index in [1.165, 1.54) is 0 Å². The molecule has 1 atom stereocenters. The van der Waals surface area contributed by atoms with E-state index in [0.717, 1.165) is 5.82 Å². The topological polar surface area (TPSA) is 55.1 Å². The average molecular weight is 168 g/mol. The molecule has 0 fully saturated rings. The SMILES string of the molecule is C[C@@H](Cc1nccn1C)C(=O)O. The number of imidazole rings is 1. The number of rotatable bonds is 3. The molecule has 12 heavy (non-hydrogen) atoms. The molecule has 0 aliphatic carbocycles. The third-order valence-corrected chi connectivity index (χ3v) is 1.83. The van der Waals surface area contributed by atoms with Gasteiger partial charge in [-0.15, -0.1) is 0 Å². The zero-order valence-corrected chi connectivity index (χ0v) is 7.19. The highest BCUT2D eigenvalue weighted by atomic mass is 16.4. The minimum absolute atomic E-state index is 0.369. The molecule has 1 aromatic rings. The molecular weight excluding hydrogens is 156 g/mol. The second kappa shape index (κ2) is 3.38. The van der Waals surface area contributed by atoms with Gasteiger partial charge in [0.05, 0.1) is 5.92 Å². The standard InChI is InChI=1S/C8H12N2O2/c1-6(8(11)12)5-7-9-3-4-10(7)2/h3-4,6H,5H2,1-2H3,(H,11,12)/t6-/m0/s1. The van der Waals surface area contributed by atoms with Gasteiger partial charge >= 0.3 is 5.97 Å². The van der Waals surface area contributed by atoms with Crippen LogP contribution in [-0.2, 0) is 18.3 Å². The minimum Gasteiger partial charge on any atom is -0.481 e. The Morgan fingerprint density at radius 2 is 2.50 bits per heavy atom. The van der Waals surface area contributed by atoms with Crippen LogP contribution in [0.2, 0.25) is 0 Å². The Labute approximate surface area is 70.9 Å². The Kier molecular flexibility index (Phi) is 2.47. The van der Waals surface area contributed by atoms with E-state index in [1.807, 2.05) is 17.8 Å². The van der Waals surface area contributed by atoms with Crippen molar-refractivity contribution in [3.8, 4) is 0 Å². The number of hydrogen-bond acceptors (Lipinski definition) is 2. The van der Waals surface area contributed by atoms with E-state index in [0.29, 0.717) is 6.42 Å². The fourth-order valence-electron chi connectivity index (χ4n) is 0.954. The maximum absolute atomic E-state index is 10.5. The van der Waals surface area contributed by atoms with Crippen LogP contribution in [0.1, 0.15) is 12.7 Å². The molecule has 4 heteroatoms. The Morgan fingerprint density at radius 1 is 1.83 bits per heavy atom. The molecule has 0 aliphatic heterocycles. The van der Waals surface area contributed by atoms with Gasteiger partial charge < -0.3 is 9.67 Å². The summed E-state index contributed by atoms with van der Waals surface area (Å²) in [6, 6.07) is 0. The molecule has 0 unspecified atom stereocenters. The van der Waals surface area contributed by atoms with Gasteiger partial charge in [-0.3, -0.25) is 4.79 Å². The van der Waals surface area contributed by atoms with E-state index >= 15 is 0 Å². The number of aliphatic carboxylic acids is 1. The summed E-state index contributed by atoms with van der Waals surface area (Å²) in [5.41, 5.74) is 0. The van der Waals surface area contributed by atoms with Gasteiger partial charge in [-0.25, -0.2) is 4.98 Å². The lowest BCUT2D eigenvalue weighted by Crippen LogP contribution is -2.14. The highest BCUT2D eigenvalue weighted by Crippen LogP contribution is 2.05. The fraction of sp³-hybridized carbons (Fsp3) is 0.500. The summed E-state index contributed by atoms with van der Waals surface area (Å²) in [5, 5.41) is 8.63. The lowest BCUT2D eigenvalue weighted by Gasteiger charge is -2.04. The van der Waals surface area contributed by atoms with Crippen molar-refractivity contribution in [1.82, 2.24) is 9.55 Å². The van der Waals surface area contributed by atoms with Crippen molar-refractivity contribution in [2.24, 2.45) is 13.0 Å². The van der Waals surface area contributed by atoms with Crippen LogP contribution in [0.25, 0.3) is 0 Å². The van der Waals surface area contributed by atoms with E-state index in [4.69, 9.17) is 5.11 Å². The Balaban J connectivity index is 2.64. The van der Waals surface area contributed by atoms with Gasteiger partial charge in [0.2, 0.25) is 0 Å². The predicted octanol–water partition coefficient (Wildman–Crippen LogP) is 0.683. The first-order chi connectivity index (χ1) is 5.61. The monoisotopic (exact) mass is 168 g/mol. The molecule has 1 heterocycles. The largest absolute Gasteiger partial charge is 0.481 e. The van der Waals surface area contributed by atoms with E-state index in [1.54, 1.807) is 13.1 Å². The van der Waals surface area contributed by atoms with Crippen LogP contribution >= 0.6 is 0 Å². The summed E-state index contributed by atoms with van der Waals surface area (Å²) in [5.74, 6) is -0.339. The Morgan fingerprint density at radius 3 is 2.92 bits per heavy atom. The van der Waals surface area contributed by atoms with Crippen LogP contribution in [0.4, 0.5) is 0 Å². The van der Waals surface area contributed by atoms with Crippen molar-refractivity contribution >= 4 is 5.97 Å². The zero-order valence-electron chi connectivity index (χ0n) is 7.19. The van der Waals surface area contributed by atoms with Crippen LogP contribution in [0.15, 0.2) is 12.4 Å². The van der Waals surface area contributed by atoms with Crippen LogP contribution in [-0.4, -0.2) is 20.6 Å². The van der Waals surface area contributed by atoms with E-state index in [2.05, 4.69) is 4.98 Å². The summed E-state index contributed by atoms with van der Waals surface area (Å²) >= 11 is 0. The summed E-state index contributed by atoms with van der Waals surface area (Å²) in [6.07, 6.45) is 3.96. The van der Waals surface area contributed by atoms with Gasteiger partial charge in [0.1, 0.15) is 5.82 Å². The minimum atomic E-state index is -0.780.